The molecule has 0 atom stereocenters. The van der Waals surface area contributed by atoms with E-state index in [1.165, 1.54) is 18.2 Å². The lowest BCUT2D eigenvalue weighted by molar-refractivity contribution is 0.309. The molecule has 0 fully saturated rings. The van der Waals surface area contributed by atoms with Gasteiger partial charge in [0.25, 0.3) is 0 Å². The van der Waals surface area contributed by atoms with Gasteiger partial charge in [-0.2, -0.15) is 0 Å². The fourth-order valence-electron chi connectivity index (χ4n) is 1.98. The molecule has 2 heterocycles. The number of benzene rings is 1. The first kappa shape index (κ1) is 16.8. The SMILES string of the molecule is O=c1onc(-c2nonc2NCCCBr)n1-c1ccc(F)c(Br)c1. The molecule has 3 rings (SSSR count). The quantitative estimate of drug-likeness (QED) is 0.444. The lowest BCUT2D eigenvalue weighted by atomic mass is 10.3. The third kappa shape index (κ3) is 3.26. The summed E-state index contributed by atoms with van der Waals surface area (Å²) in [6.07, 6.45) is 0.850. The summed E-state index contributed by atoms with van der Waals surface area (Å²) in [7, 11) is 0. The van der Waals surface area contributed by atoms with Gasteiger partial charge in [-0.1, -0.05) is 21.1 Å². The molecule has 0 saturated carbocycles. The largest absolute Gasteiger partial charge is 0.446 e. The Balaban J connectivity index is 2.04. The molecule has 8 nitrogen and oxygen atoms in total. The number of aromatic nitrogens is 4. The number of rotatable bonds is 6. The van der Waals surface area contributed by atoms with Crippen molar-refractivity contribution in [3.63, 3.8) is 0 Å². The summed E-state index contributed by atoms with van der Waals surface area (Å²) in [6, 6.07) is 4.08. The molecule has 0 saturated heterocycles. The van der Waals surface area contributed by atoms with Gasteiger partial charge in [0.1, 0.15) is 5.82 Å². The zero-order valence-corrected chi connectivity index (χ0v) is 15.2. The molecule has 0 radical (unpaired) electrons. The number of hydrogen-bond donors (Lipinski definition) is 1. The Hall–Kier alpha value is -2.01. The molecule has 11 heteroatoms. The van der Waals surface area contributed by atoms with E-state index in [2.05, 4.69) is 52.6 Å². The van der Waals surface area contributed by atoms with Crippen LogP contribution >= 0.6 is 31.9 Å². The minimum absolute atomic E-state index is 0.0982. The van der Waals surface area contributed by atoms with E-state index in [0.29, 0.717) is 18.1 Å². The topological polar surface area (TPSA) is 99.0 Å². The van der Waals surface area contributed by atoms with E-state index in [4.69, 9.17) is 9.15 Å². The average Bonchev–Trinajstić information content (AvgIpc) is 3.17. The van der Waals surface area contributed by atoms with Crippen LogP contribution in [0.2, 0.25) is 0 Å². The molecule has 24 heavy (non-hydrogen) atoms. The highest BCUT2D eigenvalue weighted by Gasteiger charge is 2.22. The smallest absolute Gasteiger partial charge is 0.365 e. The number of halogens is 3. The summed E-state index contributed by atoms with van der Waals surface area (Å²) in [4.78, 5) is 12.0. The number of anilines is 1. The third-order valence-electron chi connectivity index (χ3n) is 3.07. The molecule has 0 spiro atoms. The van der Waals surface area contributed by atoms with Crippen LogP contribution in [0.3, 0.4) is 0 Å². The average molecular weight is 463 g/mol. The third-order valence-corrected chi connectivity index (χ3v) is 4.24. The Morgan fingerprint density at radius 2 is 2.12 bits per heavy atom. The van der Waals surface area contributed by atoms with Gasteiger partial charge in [0.15, 0.2) is 5.69 Å². The predicted octanol–water partition coefficient (Wildman–Crippen LogP) is 2.97. The van der Waals surface area contributed by atoms with Gasteiger partial charge in [-0.15, -0.1) is 0 Å². The standard InChI is InChI=1S/C13H10Br2FN5O3/c14-4-1-5-17-11-10(18-24-19-11)12-20-23-13(22)21(12)7-2-3-9(16)8(15)6-7/h2-3,6H,1,4-5H2,(H,17,19). The van der Waals surface area contributed by atoms with Crippen LogP contribution in [0.5, 0.6) is 0 Å². The van der Waals surface area contributed by atoms with Crippen molar-refractivity contribution in [1.82, 2.24) is 20.0 Å². The highest BCUT2D eigenvalue weighted by atomic mass is 79.9. The number of hydrogen-bond acceptors (Lipinski definition) is 7. The maximum Gasteiger partial charge on any atom is 0.446 e. The highest BCUT2D eigenvalue weighted by molar-refractivity contribution is 9.10. The summed E-state index contributed by atoms with van der Waals surface area (Å²) in [5.41, 5.74) is 0.579. The predicted molar refractivity (Wildman–Crippen MR) is 90.0 cm³/mol. The van der Waals surface area contributed by atoms with E-state index in [0.717, 1.165) is 16.3 Å². The van der Waals surface area contributed by atoms with Crippen molar-refractivity contribution in [3.8, 4) is 17.2 Å². The van der Waals surface area contributed by atoms with Gasteiger partial charge in [-0.3, -0.25) is 4.52 Å². The molecule has 0 aliphatic heterocycles. The summed E-state index contributed by atoms with van der Waals surface area (Å²) in [6.45, 7) is 0.622. The van der Waals surface area contributed by atoms with Gasteiger partial charge >= 0.3 is 5.76 Å². The molecule has 1 N–H and O–H groups in total. The van der Waals surface area contributed by atoms with Crippen LogP contribution in [0, 0.1) is 5.82 Å². The van der Waals surface area contributed by atoms with Crippen LogP contribution in [-0.2, 0) is 0 Å². The van der Waals surface area contributed by atoms with Crippen molar-refractivity contribution in [3.05, 3.63) is 39.0 Å². The zero-order chi connectivity index (χ0) is 17.1. The minimum Gasteiger partial charge on any atom is -0.365 e. The molecule has 2 aromatic heterocycles. The van der Waals surface area contributed by atoms with Crippen LogP contribution in [0.25, 0.3) is 17.2 Å². The van der Waals surface area contributed by atoms with E-state index in [1.807, 2.05) is 0 Å². The van der Waals surface area contributed by atoms with E-state index in [1.54, 1.807) is 0 Å². The molecule has 3 aromatic rings. The van der Waals surface area contributed by atoms with Gasteiger partial charge in [0.05, 0.1) is 10.2 Å². The van der Waals surface area contributed by atoms with Gasteiger partial charge in [0.2, 0.25) is 11.6 Å². The lowest BCUT2D eigenvalue weighted by Crippen LogP contribution is -2.14. The van der Waals surface area contributed by atoms with Gasteiger partial charge in [0, 0.05) is 11.9 Å². The van der Waals surface area contributed by atoms with Crippen LogP contribution in [0.1, 0.15) is 6.42 Å². The van der Waals surface area contributed by atoms with Crippen LogP contribution in [-0.4, -0.2) is 31.9 Å². The van der Waals surface area contributed by atoms with E-state index >= 15 is 0 Å². The number of nitrogens with zero attached hydrogens (tertiary/aromatic N) is 4. The first-order valence-corrected chi connectivity index (χ1v) is 8.70. The van der Waals surface area contributed by atoms with Crippen molar-refractivity contribution in [2.24, 2.45) is 0 Å². The Morgan fingerprint density at radius 3 is 2.88 bits per heavy atom. The second-order valence-electron chi connectivity index (χ2n) is 4.64. The first-order chi connectivity index (χ1) is 11.6. The summed E-state index contributed by atoms with van der Waals surface area (Å²) in [5.74, 6) is -0.761. The number of alkyl halides is 1. The van der Waals surface area contributed by atoms with Crippen molar-refractivity contribution in [2.75, 3.05) is 17.2 Å². The molecule has 0 amide bonds. The minimum atomic E-state index is -0.738. The van der Waals surface area contributed by atoms with Gasteiger partial charge in [-0.25, -0.2) is 18.4 Å². The molecule has 126 valence electrons. The molecule has 1 aromatic carbocycles. The van der Waals surface area contributed by atoms with Crippen molar-refractivity contribution >= 4 is 37.7 Å². The van der Waals surface area contributed by atoms with E-state index in [-0.39, 0.29) is 16.0 Å². The molecule has 0 unspecified atom stereocenters. The van der Waals surface area contributed by atoms with Gasteiger partial charge in [-0.05, 0) is 50.9 Å². The summed E-state index contributed by atoms with van der Waals surface area (Å²) >= 11 is 6.41. The van der Waals surface area contributed by atoms with E-state index < -0.39 is 11.6 Å². The Bertz CT molecular complexity index is 907. The van der Waals surface area contributed by atoms with Crippen LogP contribution in [0.4, 0.5) is 10.2 Å². The Labute approximate surface area is 151 Å². The Morgan fingerprint density at radius 1 is 1.29 bits per heavy atom. The van der Waals surface area contributed by atoms with Crippen LogP contribution < -0.4 is 11.1 Å². The van der Waals surface area contributed by atoms with Crippen molar-refractivity contribution in [2.45, 2.75) is 6.42 Å². The molecule has 0 bridgehead atoms. The summed E-state index contributed by atoms with van der Waals surface area (Å²) < 4.78 is 24.2. The molecular formula is C13H10Br2FN5O3. The van der Waals surface area contributed by atoms with Crippen molar-refractivity contribution < 1.29 is 13.5 Å². The maximum atomic E-state index is 13.4. The van der Waals surface area contributed by atoms with Crippen molar-refractivity contribution in [1.29, 1.82) is 0 Å². The molecule has 0 aliphatic carbocycles. The normalized spacial score (nSPS) is 11.0. The fourth-order valence-corrected chi connectivity index (χ4v) is 2.62. The van der Waals surface area contributed by atoms with Crippen LogP contribution in [0.15, 0.2) is 36.6 Å². The lowest BCUT2D eigenvalue weighted by Gasteiger charge is -2.05. The zero-order valence-electron chi connectivity index (χ0n) is 12.0. The first-order valence-electron chi connectivity index (χ1n) is 6.78. The van der Waals surface area contributed by atoms with E-state index in [9.17, 15) is 9.18 Å². The monoisotopic (exact) mass is 461 g/mol. The van der Waals surface area contributed by atoms with Gasteiger partial charge < -0.3 is 5.32 Å². The molecule has 0 aliphatic rings. The summed E-state index contributed by atoms with van der Waals surface area (Å²) in [5, 5.41) is 15.1. The maximum absolute atomic E-state index is 13.4. The molecular weight excluding hydrogens is 453 g/mol. The fraction of sp³-hybridized carbons (Fsp3) is 0.231. The second kappa shape index (κ2) is 7.26. The number of nitrogens with one attached hydrogen (secondary N) is 1. The second-order valence-corrected chi connectivity index (χ2v) is 6.28. The highest BCUT2D eigenvalue weighted by Crippen LogP contribution is 2.26. The Kier molecular flexibility index (Phi) is 5.09.